The summed E-state index contributed by atoms with van der Waals surface area (Å²) in [6.45, 7) is 2.62. The predicted molar refractivity (Wildman–Crippen MR) is 125 cm³/mol. The molecule has 2 aliphatic heterocycles. The minimum atomic E-state index is -0.168. The molecule has 0 spiro atoms. The fourth-order valence-corrected chi connectivity index (χ4v) is 6.45. The van der Waals surface area contributed by atoms with Crippen molar-refractivity contribution in [2.45, 2.75) is 62.9 Å². The Morgan fingerprint density at radius 3 is 2.20 bits per heavy atom. The van der Waals surface area contributed by atoms with Crippen molar-refractivity contribution in [1.82, 2.24) is 9.55 Å². The molecule has 1 atom stereocenters. The Balaban J connectivity index is 1.38. The number of anilines is 1. The van der Waals surface area contributed by atoms with Crippen LogP contribution < -0.4 is 9.55 Å². The second-order valence-corrected chi connectivity index (χ2v) is 9.65. The van der Waals surface area contributed by atoms with Crippen LogP contribution in [0.15, 0.2) is 54.6 Å². The van der Waals surface area contributed by atoms with Crippen LogP contribution in [-0.4, -0.2) is 37.7 Å². The zero-order valence-electron chi connectivity index (χ0n) is 18.3. The van der Waals surface area contributed by atoms with Crippen LogP contribution in [0.4, 0.5) is 11.4 Å². The van der Waals surface area contributed by atoms with Gasteiger partial charge in [-0.05, 0) is 24.5 Å². The lowest BCUT2D eigenvalue weighted by atomic mass is 9.79. The van der Waals surface area contributed by atoms with Gasteiger partial charge in [0.05, 0.1) is 6.04 Å². The third kappa shape index (κ3) is 3.26. The molecule has 1 saturated heterocycles. The number of likely N-dealkylation sites (tertiary alicyclic amines) is 1. The summed E-state index contributed by atoms with van der Waals surface area (Å²) >= 11 is 0. The van der Waals surface area contributed by atoms with Gasteiger partial charge in [0.15, 0.2) is 12.4 Å². The highest BCUT2D eigenvalue weighted by molar-refractivity contribution is 5.74. The Kier molecular flexibility index (Phi) is 5.34. The van der Waals surface area contributed by atoms with Gasteiger partial charge < -0.3 is 14.8 Å². The number of hydrogen-bond acceptors (Lipinski definition) is 3. The van der Waals surface area contributed by atoms with E-state index in [0.717, 1.165) is 37.3 Å². The normalized spacial score (nSPS) is 27.6. The molecule has 30 heavy (non-hydrogen) atoms. The molecule has 2 aromatic carbocycles. The summed E-state index contributed by atoms with van der Waals surface area (Å²) in [6.07, 6.45) is 9.82. The van der Waals surface area contributed by atoms with Crippen LogP contribution in [0.2, 0.25) is 0 Å². The summed E-state index contributed by atoms with van der Waals surface area (Å²) in [6, 6.07) is 19.6. The highest BCUT2D eigenvalue weighted by Crippen LogP contribution is 2.46. The quantitative estimate of drug-likeness (QED) is 0.377. The third-order valence-corrected chi connectivity index (χ3v) is 8.02. The van der Waals surface area contributed by atoms with Gasteiger partial charge in [0.25, 0.3) is 0 Å². The SMILES string of the molecule is CN1C[N+]([O-])(C2CCN(C3(c4ccccc4)CCCCCC3)CC2)c2ccccc21. The fourth-order valence-electron chi connectivity index (χ4n) is 6.45. The summed E-state index contributed by atoms with van der Waals surface area (Å²) in [5, 5.41) is 14.1. The maximum absolute atomic E-state index is 14.1. The first-order chi connectivity index (χ1) is 14.6. The van der Waals surface area contributed by atoms with E-state index in [1.54, 1.807) is 0 Å². The van der Waals surface area contributed by atoms with Gasteiger partial charge in [0.1, 0.15) is 5.69 Å². The third-order valence-electron chi connectivity index (χ3n) is 8.02. The molecule has 0 aromatic heterocycles. The van der Waals surface area contributed by atoms with Gasteiger partial charge >= 0.3 is 0 Å². The summed E-state index contributed by atoms with van der Waals surface area (Å²) in [5.41, 5.74) is 3.73. The van der Waals surface area contributed by atoms with Crippen molar-refractivity contribution in [1.29, 1.82) is 0 Å². The van der Waals surface area contributed by atoms with Crippen LogP contribution in [0.3, 0.4) is 0 Å². The Labute approximate surface area is 181 Å². The van der Waals surface area contributed by atoms with Gasteiger partial charge in [-0.3, -0.25) is 4.90 Å². The predicted octanol–water partition coefficient (Wildman–Crippen LogP) is 5.61. The van der Waals surface area contributed by atoms with Gasteiger partial charge in [0.2, 0.25) is 0 Å². The lowest BCUT2D eigenvalue weighted by Crippen LogP contribution is -2.59. The Bertz CT molecular complexity index is 854. The molecule has 160 valence electrons. The minimum Gasteiger partial charge on any atom is -0.626 e. The Hall–Kier alpha value is -1.88. The number of para-hydroxylation sites is 2. The average molecular weight is 406 g/mol. The van der Waals surface area contributed by atoms with Gasteiger partial charge in [-0.25, -0.2) is 0 Å². The first kappa shape index (κ1) is 20.0. The van der Waals surface area contributed by atoms with E-state index < -0.39 is 0 Å². The molecule has 0 amide bonds. The molecule has 1 unspecified atom stereocenters. The molecule has 0 bridgehead atoms. The first-order valence-corrected chi connectivity index (χ1v) is 11.8. The van der Waals surface area contributed by atoms with Crippen molar-refractivity contribution in [3.63, 3.8) is 0 Å². The van der Waals surface area contributed by atoms with E-state index in [2.05, 4.69) is 59.3 Å². The van der Waals surface area contributed by atoms with E-state index >= 15 is 0 Å². The molecule has 0 N–H and O–H groups in total. The van der Waals surface area contributed by atoms with Crippen molar-refractivity contribution in [2.75, 3.05) is 31.7 Å². The molecule has 5 rings (SSSR count). The zero-order valence-corrected chi connectivity index (χ0v) is 18.3. The lowest BCUT2D eigenvalue weighted by molar-refractivity contribution is 0.0275. The fraction of sp³-hybridized carbons (Fsp3) is 0.538. The Morgan fingerprint density at radius 1 is 0.867 bits per heavy atom. The summed E-state index contributed by atoms with van der Waals surface area (Å²) in [4.78, 5) is 4.90. The second-order valence-electron chi connectivity index (χ2n) is 9.65. The molecule has 4 nitrogen and oxygen atoms in total. The number of quaternary nitrogens is 1. The van der Waals surface area contributed by atoms with Gasteiger partial charge in [-0.1, -0.05) is 68.1 Å². The van der Waals surface area contributed by atoms with Crippen LogP contribution in [-0.2, 0) is 5.54 Å². The molecule has 1 saturated carbocycles. The van der Waals surface area contributed by atoms with E-state index in [0.29, 0.717) is 6.67 Å². The van der Waals surface area contributed by atoms with Crippen LogP contribution in [0.5, 0.6) is 0 Å². The molecule has 0 radical (unpaired) electrons. The van der Waals surface area contributed by atoms with E-state index in [9.17, 15) is 5.21 Å². The summed E-state index contributed by atoms with van der Waals surface area (Å²) in [5.74, 6) is 0. The zero-order chi connectivity index (χ0) is 20.6. The van der Waals surface area contributed by atoms with Crippen LogP contribution in [0, 0.1) is 5.21 Å². The molecule has 1 aliphatic carbocycles. The maximum atomic E-state index is 14.1. The molecule has 2 fully saturated rings. The second kappa shape index (κ2) is 7.99. The van der Waals surface area contributed by atoms with Crippen molar-refractivity contribution in [3.05, 3.63) is 65.4 Å². The number of piperidine rings is 1. The van der Waals surface area contributed by atoms with Crippen LogP contribution >= 0.6 is 0 Å². The van der Waals surface area contributed by atoms with E-state index in [1.165, 1.54) is 44.1 Å². The first-order valence-electron chi connectivity index (χ1n) is 11.8. The van der Waals surface area contributed by atoms with E-state index in [1.807, 2.05) is 12.1 Å². The highest BCUT2D eigenvalue weighted by Gasteiger charge is 2.45. The topological polar surface area (TPSA) is 29.5 Å². The minimum absolute atomic E-state index is 0.158. The number of fused-ring (bicyclic) bond motifs is 1. The number of hydroxylamine groups is 2. The summed E-state index contributed by atoms with van der Waals surface area (Å²) in [7, 11) is 2.06. The average Bonchev–Trinajstić information content (AvgIpc) is 2.95. The number of benzene rings is 2. The molecule has 4 heteroatoms. The van der Waals surface area contributed by atoms with E-state index in [4.69, 9.17) is 0 Å². The molecule has 2 heterocycles. The number of rotatable bonds is 3. The molecule has 3 aliphatic rings. The van der Waals surface area contributed by atoms with Gasteiger partial charge in [-0.15, -0.1) is 0 Å². The smallest absolute Gasteiger partial charge is 0.159 e. The van der Waals surface area contributed by atoms with Gasteiger partial charge in [0, 0.05) is 44.6 Å². The number of nitrogens with zero attached hydrogens (tertiary/aromatic N) is 3. The molecular formula is C26H35N3O. The van der Waals surface area contributed by atoms with Crippen molar-refractivity contribution >= 4 is 11.4 Å². The summed E-state index contributed by atoms with van der Waals surface area (Å²) < 4.78 is -0.168. The van der Waals surface area contributed by atoms with Crippen LogP contribution in [0.25, 0.3) is 0 Å². The monoisotopic (exact) mass is 405 g/mol. The highest BCUT2D eigenvalue weighted by atomic mass is 16.6. The van der Waals surface area contributed by atoms with Gasteiger partial charge in [-0.2, -0.15) is 0 Å². The molecular weight excluding hydrogens is 370 g/mol. The molecule has 2 aromatic rings. The number of hydrogen-bond donors (Lipinski definition) is 0. The van der Waals surface area contributed by atoms with Crippen molar-refractivity contribution < 1.29 is 0 Å². The Morgan fingerprint density at radius 2 is 1.50 bits per heavy atom. The van der Waals surface area contributed by atoms with E-state index in [-0.39, 0.29) is 16.2 Å². The van der Waals surface area contributed by atoms with Crippen molar-refractivity contribution in [2.24, 2.45) is 0 Å². The largest absolute Gasteiger partial charge is 0.626 e. The van der Waals surface area contributed by atoms with Crippen molar-refractivity contribution in [3.8, 4) is 0 Å². The maximum Gasteiger partial charge on any atom is 0.159 e. The standard InChI is InChI=1S/C26H35N3O/c1-27-21-29(30,25-14-8-7-13-24(25)27)23-15-19-28(20-16-23)26(17-9-2-3-10-18-26)22-11-5-4-6-12-22/h4-8,11-14,23H,2-3,9-10,15-21H2,1H3. The van der Waals surface area contributed by atoms with Crippen LogP contribution in [0.1, 0.15) is 56.9 Å². The lowest BCUT2D eigenvalue weighted by Gasteiger charge is -2.52.